The fourth-order valence-corrected chi connectivity index (χ4v) is 1.67. The summed E-state index contributed by atoms with van der Waals surface area (Å²) in [7, 11) is 0. The molecule has 1 aliphatic heterocycles. The van der Waals surface area contributed by atoms with Gasteiger partial charge in [0, 0.05) is 12.0 Å². The summed E-state index contributed by atoms with van der Waals surface area (Å²) in [5.74, 6) is -0.953. The monoisotopic (exact) mass is 255 g/mol. The van der Waals surface area contributed by atoms with Gasteiger partial charge in [0.05, 0.1) is 0 Å². The Balaban J connectivity index is 2.58. The Morgan fingerprint density at radius 1 is 1.33 bits per heavy atom. The van der Waals surface area contributed by atoms with Gasteiger partial charge >= 0.3 is 0 Å². The lowest BCUT2D eigenvalue weighted by molar-refractivity contribution is -0.148. The van der Waals surface area contributed by atoms with Gasteiger partial charge in [0.1, 0.15) is 12.1 Å². The van der Waals surface area contributed by atoms with E-state index in [-0.39, 0.29) is 11.8 Å². The molecule has 1 fully saturated rings. The van der Waals surface area contributed by atoms with Crippen molar-refractivity contribution in [2.75, 3.05) is 6.54 Å². The molecule has 1 rings (SSSR count). The van der Waals surface area contributed by atoms with E-state index in [1.807, 2.05) is 0 Å². The summed E-state index contributed by atoms with van der Waals surface area (Å²) in [4.78, 5) is 36.2. The smallest absolute Gasteiger partial charge is 0.245 e. The van der Waals surface area contributed by atoms with E-state index in [2.05, 4.69) is 5.32 Å². The van der Waals surface area contributed by atoms with Crippen LogP contribution in [0.2, 0.25) is 0 Å². The van der Waals surface area contributed by atoms with Gasteiger partial charge in [0.15, 0.2) is 0 Å². The first-order valence-electron chi connectivity index (χ1n) is 6.05. The second-order valence-corrected chi connectivity index (χ2v) is 5.68. The first-order chi connectivity index (χ1) is 8.14. The second kappa shape index (κ2) is 4.96. The summed E-state index contributed by atoms with van der Waals surface area (Å²) in [6, 6.07) is -1.16. The molecule has 0 saturated carbocycles. The van der Waals surface area contributed by atoms with E-state index in [9.17, 15) is 14.4 Å². The molecule has 102 valence electrons. The topological polar surface area (TPSA) is 92.5 Å². The van der Waals surface area contributed by atoms with Crippen LogP contribution in [-0.4, -0.2) is 41.2 Å². The molecule has 0 spiro atoms. The molecule has 0 aliphatic carbocycles. The highest BCUT2D eigenvalue weighted by molar-refractivity contribution is 5.93. The van der Waals surface area contributed by atoms with Crippen molar-refractivity contribution >= 4 is 17.7 Å². The molecule has 1 saturated heterocycles. The summed E-state index contributed by atoms with van der Waals surface area (Å²) in [6.07, 6.45) is 0.598. The molecule has 6 heteroatoms. The van der Waals surface area contributed by atoms with Gasteiger partial charge in [0.25, 0.3) is 0 Å². The number of nitrogens with one attached hydrogen (secondary N) is 1. The van der Waals surface area contributed by atoms with E-state index < -0.39 is 23.4 Å². The Morgan fingerprint density at radius 2 is 1.89 bits per heavy atom. The van der Waals surface area contributed by atoms with Crippen molar-refractivity contribution in [2.45, 2.75) is 46.2 Å². The van der Waals surface area contributed by atoms with Gasteiger partial charge < -0.3 is 16.0 Å². The van der Waals surface area contributed by atoms with Gasteiger partial charge in [-0.3, -0.25) is 14.4 Å². The number of likely N-dealkylation sites (tertiary alicyclic amines) is 1. The first kappa shape index (κ1) is 14.5. The molecule has 0 unspecified atom stereocenters. The van der Waals surface area contributed by atoms with E-state index in [0.29, 0.717) is 13.0 Å². The van der Waals surface area contributed by atoms with E-state index in [0.717, 1.165) is 0 Å². The van der Waals surface area contributed by atoms with E-state index in [4.69, 9.17) is 5.73 Å². The van der Waals surface area contributed by atoms with Gasteiger partial charge in [-0.15, -0.1) is 0 Å². The predicted octanol–water partition coefficient (Wildman–Crippen LogP) is -0.377. The molecule has 0 aromatic heterocycles. The summed E-state index contributed by atoms with van der Waals surface area (Å²) in [5, 5.41) is 2.65. The lowest BCUT2D eigenvalue weighted by Crippen LogP contribution is -2.61. The molecule has 6 nitrogen and oxygen atoms in total. The van der Waals surface area contributed by atoms with Crippen LogP contribution in [0.5, 0.6) is 0 Å². The summed E-state index contributed by atoms with van der Waals surface area (Å²) in [6.45, 7) is 7.45. The second-order valence-electron chi connectivity index (χ2n) is 5.68. The predicted molar refractivity (Wildman–Crippen MR) is 66.4 cm³/mol. The zero-order chi connectivity index (χ0) is 14.1. The van der Waals surface area contributed by atoms with Crippen molar-refractivity contribution in [3.63, 3.8) is 0 Å². The van der Waals surface area contributed by atoms with Gasteiger partial charge in [-0.1, -0.05) is 20.8 Å². The van der Waals surface area contributed by atoms with Crippen LogP contribution in [0.3, 0.4) is 0 Å². The Morgan fingerprint density at radius 3 is 2.22 bits per heavy atom. The number of amides is 3. The molecule has 2 atom stereocenters. The van der Waals surface area contributed by atoms with Crippen LogP contribution in [-0.2, 0) is 14.4 Å². The van der Waals surface area contributed by atoms with Gasteiger partial charge in [-0.2, -0.15) is 0 Å². The minimum Gasteiger partial charge on any atom is -0.368 e. The third kappa shape index (κ3) is 3.00. The minimum atomic E-state index is -0.640. The van der Waals surface area contributed by atoms with Crippen LogP contribution in [0, 0.1) is 5.41 Å². The minimum absolute atomic E-state index is 0.195. The summed E-state index contributed by atoms with van der Waals surface area (Å²) >= 11 is 0. The maximum absolute atomic E-state index is 12.0. The molecule has 0 aromatic rings. The molecule has 0 aromatic carbocycles. The quantitative estimate of drug-likeness (QED) is 0.720. The zero-order valence-corrected chi connectivity index (χ0v) is 11.3. The van der Waals surface area contributed by atoms with E-state index >= 15 is 0 Å². The Labute approximate surface area is 107 Å². The SMILES string of the molecule is C[C@H](NC(=O)C(C)(C)C)C(=O)N1CC[C@H]1C(N)=O. The van der Waals surface area contributed by atoms with E-state index in [1.54, 1.807) is 27.7 Å². The zero-order valence-electron chi connectivity index (χ0n) is 11.3. The van der Waals surface area contributed by atoms with Crippen LogP contribution in [0.1, 0.15) is 34.1 Å². The van der Waals surface area contributed by atoms with Crippen LogP contribution < -0.4 is 11.1 Å². The fourth-order valence-electron chi connectivity index (χ4n) is 1.67. The van der Waals surface area contributed by atoms with Crippen molar-refractivity contribution in [3.05, 3.63) is 0 Å². The average molecular weight is 255 g/mol. The highest BCUT2D eigenvalue weighted by Gasteiger charge is 2.38. The molecule has 0 bridgehead atoms. The number of carbonyl (C=O) groups excluding carboxylic acids is 3. The van der Waals surface area contributed by atoms with Crippen molar-refractivity contribution in [1.82, 2.24) is 10.2 Å². The maximum atomic E-state index is 12.0. The van der Waals surface area contributed by atoms with Crippen molar-refractivity contribution in [3.8, 4) is 0 Å². The Bertz CT molecular complexity index is 373. The number of carbonyl (C=O) groups is 3. The van der Waals surface area contributed by atoms with Crippen molar-refractivity contribution in [1.29, 1.82) is 0 Å². The number of hydrogen-bond donors (Lipinski definition) is 2. The molecular weight excluding hydrogens is 234 g/mol. The number of rotatable bonds is 3. The fraction of sp³-hybridized carbons (Fsp3) is 0.750. The molecule has 3 N–H and O–H groups in total. The van der Waals surface area contributed by atoms with Gasteiger partial charge in [0.2, 0.25) is 17.7 Å². The van der Waals surface area contributed by atoms with Crippen molar-refractivity contribution in [2.24, 2.45) is 11.1 Å². The largest absolute Gasteiger partial charge is 0.368 e. The van der Waals surface area contributed by atoms with Crippen molar-refractivity contribution < 1.29 is 14.4 Å². The third-order valence-electron chi connectivity index (χ3n) is 3.03. The Hall–Kier alpha value is -1.59. The van der Waals surface area contributed by atoms with Crippen LogP contribution in [0.15, 0.2) is 0 Å². The molecule has 1 aliphatic rings. The first-order valence-corrected chi connectivity index (χ1v) is 6.05. The molecule has 0 radical (unpaired) electrons. The lowest BCUT2D eigenvalue weighted by Gasteiger charge is -2.40. The summed E-state index contributed by atoms with van der Waals surface area (Å²) in [5.41, 5.74) is 4.63. The molecule has 18 heavy (non-hydrogen) atoms. The molecule has 1 heterocycles. The standard InChI is InChI=1S/C12H21N3O3/c1-7(14-11(18)12(2,3)4)10(17)15-6-5-8(15)9(13)16/h7-8H,5-6H2,1-4H3,(H2,13,16)(H,14,18)/t7-,8-/m0/s1. The van der Waals surface area contributed by atoms with Crippen LogP contribution >= 0.6 is 0 Å². The average Bonchev–Trinajstić information content (AvgIpc) is 2.12. The van der Waals surface area contributed by atoms with Crippen LogP contribution in [0.25, 0.3) is 0 Å². The number of nitrogens with two attached hydrogens (primary N) is 1. The molecular formula is C12H21N3O3. The normalized spacial score (nSPS) is 20.9. The van der Waals surface area contributed by atoms with Crippen LogP contribution in [0.4, 0.5) is 0 Å². The number of hydrogen-bond acceptors (Lipinski definition) is 3. The molecule has 3 amide bonds. The number of primary amides is 1. The highest BCUT2D eigenvalue weighted by atomic mass is 16.2. The lowest BCUT2D eigenvalue weighted by atomic mass is 9.95. The highest BCUT2D eigenvalue weighted by Crippen LogP contribution is 2.19. The van der Waals surface area contributed by atoms with Gasteiger partial charge in [-0.05, 0) is 13.3 Å². The summed E-state index contributed by atoms with van der Waals surface area (Å²) < 4.78 is 0. The van der Waals surface area contributed by atoms with E-state index in [1.165, 1.54) is 4.90 Å². The number of nitrogens with zero attached hydrogens (tertiary/aromatic N) is 1. The Kier molecular flexibility index (Phi) is 3.98. The van der Waals surface area contributed by atoms with Gasteiger partial charge in [-0.25, -0.2) is 0 Å². The maximum Gasteiger partial charge on any atom is 0.245 e. The third-order valence-corrected chi connectivity index (χ3v) is 3.03.